The zero-order valence-electron chi connectivity index (χ0n) is 19.7. The number of aromatic nitrogens is 1. The predicted molar refractivity (Wildman–Crippen MR) is 145 cm³/mol. The molecule has 0 amide bonds. The van der Waals surface area contributed by atoms with Crippen LogP contribution in [0.1, 0.15) is 11.1 Å². The minimum atomic E-state index is -0.717. The average Bonchev–Trinajstić information content (AvgIpc) is 2.91. The van der Waals surface area contributed by atoms with Crippen molar-refractivity contribution in [2.24, 2.45) is 0 Å². The molecule has 0 aliphatic heterocycles. The van der Waals surface area contributed by atoms with E-state index in [0.29, 0.717) is 39.7 Å². The number of rotatable bonds is 4. The normalized spacial score (nSPS) is 12.3. The number of halogens is 1. The van der Waals surface area contributed by atoms with Gasteiger partial charge in [-0.25, -0.2) is 4.79 Å². The van der Waals surface area contributed by atoms with Crippen LogP contribution in [0.4, 0.5) is 0 Å². The molecule has 1 aliphatic rings. The van der Waals surface area contributed by atoms with Crippen molar-refractivity contribution in [1.29, 1.82) is 0 Å². The van der Waals surface area contributed by atoms with Crippen LogP contribution in [-0.4, -0.2) is 16.8 Å². The molecular weight excluding hydrogens is 510 g/mol. The van der Waals surface area contributed by atoms with Crippen LogP contribution in [0.3, 0.4) is 0 Å². The quantitative estimate of drug-likeness (QED) is 0.297. The van der Waals surface area contributed by atoms with E-state index in [2.05, 4.69) is 0 Å². The Morgan fingerprint density at radius 2 is 1.73 bits per heavy atom. The molecule has 5 aromatic rings. The van der Waals surface area contributed by atoms with Gasteiger partial charge in [-0.15, -0.1) is 0 Å². The molecule has 2 aromatic heterocycles. The third-order valence-corrected chi connectivity index (χ3v) is 7.81. The van der Waals surface area contributed by atoms with Crippen molar-refractivity contribution in [3.05, 3.63) is 110 Å². The van der Waals surface area contributed by atoms with E-state index < -0.39 is 16.9 Å². The van der Waals surface area contributed by atoms with Crippen LogP contribution >= 0.6 is 23.4 Å². The first-order valence-corrected chi connectivity index (χ1v) is 12.8. The minimum absolute atomic E-state index is 0.0296. The summed E-state index contributed by atoms with van der Waals surface area (Å²) in [7, 11) is 1.62. The van der Waals surface area contributed by atoms with Gasteiger partial charge < -0.3 is 14.3 Å². The Hall–Kier alpha value is -3.94. The Balaban J connectivity index is 1.71. The summed E-state index contributed by atoms with van der Waals surface area (Å²) in [4.78, 5) is 27.8. The Morgan fingerprint density at radius 3 is 2.49 bits per heavy atom. The highest BCUT2D eigenvalue weighted by atomic mass is 35.5. The van der Waals surface area contributed by atoms with Gasteiger partial charge in [-0.2, -0.15) is 0 Å². The Labute approximate surface area is 220 Å². The zero-order chi connectivity index (χ0) is 25.7. The maximum Gasteiger partial charge on any atom is 0.354 e. The van der Waals surface area contributed by atoms with Crippen molar-refractivity contribution in [2.75, 3.05) is 7.11 Å². The maximum atomic E-state index is 14.1. The molecule has 0 fully saturated rings. The number of pyridine rings is 1. The van der Waals surface area contributed by atoms with Crippen molar-refractivity contribution in [3.63, 3.8) is 0 Å². The largest absolute Gasteiger partial charge is 0.505 e. The highest BCUT2D eigenvalue weighted by molar-refractivity contribution is 7.99. The van der Waals surface area contributed by atoms with E-state index >= 15 is 0 Å². The summed E-state index contributed by atoms with van der Waals surface area (Å²) in [5, 5.41) is 11.8. The monoisotopic (exact) mass is 529 g/mol. The van der Waals surface area contributed by atoms with Crippen LogP contribution < -0.4 is 15.9 Å². The van der Waals surface area contributed by atoms with Gasteiger partial charge in [0.2, 0.25) is 0 Å². The van der Waals surface area contributed by atoms with Gasteiger partial charge in [0.05, 0.1) is 12.8 Å². The molecule has 0 spiro atoms. The van der Waals surface area contributed by atoms with E-state index in [-0.39, 0.29) is 15.9 Å². The lowest BCUT2D eigenvalue weighted by Crippen LogP contribution is -2.26. The van der Waals surface area contributed by atoms with Crippen molar-refractivity contribution < 1.29 is 14.3 Å². The van der Waals surface area contributed by atoms with Crippen LogP contribution in [0.5, 0.6) is 11.5 Å². The fourth-order valence-corrected chi connectivity index (χ4v) is 6.08. The first-order chi connectivity index (χ1) is 18.0. The second-order valence-corrected chi connectivity index (χ2v) is 10.1. The molecule has 6 nitrogen and oxygen atoms in total. The minimum Gasteiger partial charge on any atom is -0.505 e. The molecule has 184 valence electrons. The summed E-state index contributed by atoms with van der Waals surface area (Å²) >= 11 is 7.11. The van der Waals surface area contributed by atoms with Gasteiger partial charge in [0.1, 0.15) is 16.0 Å². The summed E-state index contributed by atoms with van der Waals surface area (Å²) < 4.78 is 13.0. The van der Waals surface area contributed by atoms with Crippen LogP contribution in [-0.2, 0) is 12.8 Å². The molecule has 6 rings (SSSR count). The third kappa shape index (κ3) is 3.82. The molecule has 0 atom stereocenters. The lowest BCUT2D eigenvalue weighted by Gasteiger charge is -2.26. The highest BCUT2D eigenvalue weighted by Crippen LogP contribution is 2.43. The number of para-hydroxylation sites is 1. The van der Waals surface area contributed by atoms with Gasteiger partial charge >= 0.3 is 5.63 Å². The molecule has 0 bridgehead atoms. The SMILES string of the molecule is COc1cccc2c1CCc1c-2n(-c2ccccc2)c(=O)c2c(O)c(Sc3cccc(Cl)c3)c(=O)oc12. The first-order valence-electron chi connectivity index (χ1n) is 11.6. The zero-order valence-corrected chi connectivity index (χ0v) is 21.2. The van der Waals surface area contributed by atoms with E-state index in [1.807, 2.05) is 48.5 Å². The fraction of sp³-hybridized carbons (Fsp3) is 0.103. The standard InChI is InChI=1S/C29H20ClNO5S/c1-35-22-12-6-11-20-19(22)13-14-21-24(20)31(17-8-3-2-4-9-17)28(33)23-25(32)27(29(34)36-26(21)23)37-18-10-5-7-16(30)15-18/h2-12,15,32H,13-14H2,1H3. The van der Waals surface area contributed by atoms with Crippen LogP contribution in [0.15, 0.2) is 96.6 Å². The van der Waals surface area contributed by atoms with Gasteiger partial charge in [-0.3, -0.25) is 9.36 Å². The maximum absolute atomic E-state index is 14.1. The number of benzene rings is 3. The van der Waals surface area contributed by atoms with Gasteiger partial charge in [0, 0.05) is 32.3 Å². The van der Waals surface area contributed by atoms with E-state index in [0.717, 1.165) is 28.6 Å². The number of nitrogens with zero attached hydrogens (tertiary/aromatic N) is 1. The van der Waals surface area contributed by atoms with Crippen LogP contribution in [0.25, 0.3) is 27.9 Å². The highest BCUT2D eigenvalue weighted by Gasteiger charge is 2.30. The topological polar surface area (TPSA) is 81.7 Å². The number of hydrogen-bond donors (Lipinski definition) is 1. The van der Waals surface area contributed by atoms with E-state index in [1.54, 1.807) is 35.9 Å². The summed E-state index contributed by atoms with van der Waals surface area (Å²) in [5.74, 6) is 0.332. The van der Waals surface area contributed by atoms with Gasteiger partial charge in [0.15, 0.2) is 11.3 Å². The number of aryl methyl sites for hydroxylation is 1. The van der Waals surface area contributed by atoms with Gasteiger partial charge in [-0.05, 0) is 49.2 Å². The van der Waals surface area contributed by atoms with Crippen LogP contribution in [0, 0.1) is 0 Å². The van der Waals surface area contributed by atoms with Crippen molar-refractivity contribution in [1.82, 2.24) is 4.57 Å². The average molecular weight is 530 g/mol. The lowest BCUT2D eigenvalue weighted by molar-refractivity contribution is 0.409. The Kier molecular flexibility index (Phi) is 5.82. The molecule has 0 radical (unpaired) electrons. The molecule has 2 heterocycles. The number of ether oxygens (including phenoxy) is 1. The molecule has 0 unspecified atom stereocenters. The third-order valence-electron chi connectivity index (χ3n) is 6.52. The van der Waals surface area contributed by atoms with E-state index in [4.69, 9.17) is 20.8 Å². The molecule has 37 heavy (non-hydrogen) atoms. The molecule has 8 heteroatoms. The molecule has 0 saturated carbocycles. The number of aromatic hydroxyl groups is 1. The summed E-state index contributed by atoms with van der Waals surface area (Å²) in [6, 6.07) is 21.8. The second-order valence-electron chi connectivity index (χ2n) is 8.62. The molecular formula is C29H20ClNO5S. The van der Waals surface area contributed by atoms with Crippen molar-refractivity contribution >= 4 is 34.3 Å². The van der Waals surface area contributed by atoms with E-state index in [9.17, 15) is 14.7 Å². The van der Waals surface area contributed by atoms with Gasteiger partial charge in [0.25, 0.3) is 5.56 Å². The van der Waals surface area contributed by atoms with E-state index in [1.165, 1.54) is 0 Å². The van der Waals surface area contributed by atoms with Crippen molar-refractivity contribution in [2.45, 2.75) is 22.6 Å². The second kappa shape index (κ2) is 9.18. The number of fused-ring (bicyclic) bond motifs is 5. The Morgan fingerprint density at radius 1 is 0.973 bits per heavy atom. The Bertz CT molecular complexity index is 1810. The smallest absolute Gasteiger partial charge is 0.354 e. The predicted octanol–water partition coefficient (Wildman–Crippen LogP) is 6.23. The molecule has 0 saturated heterocycles. The van der Waals surface area contributed by atoms with Crippen molar-refractivity contribution in [3.8, 4) is 28.4 Å². The molecule has 1 aliphatic carbocycles. The molecule has 1 N–H and O–H groups in total. The lowest BCUT2D eigenvalue weighted by atomic mass is 9.87. The molecule has 3 aromatic carbocycles. The van der Waals surface area contributed by atoms with Crippen LogP contribution in [0.2, 0.25) is 5.02 Å². The van der Waals surface area contributed by atoms with Gasteiger partial charge in [-0.1, -0.05) is 59.8 Å². The summed E-state index contributed by atoms with van der Waals surface area (Å²) in [6.45, 7) is 0. The first kappa shape index (κ1) is 23.5. The fourth-order valence-electron chi connectivity index (χ4n) is 4.94. The number of methoxy groups -OCH3 is 1. The number of hydrogen-bond acceptors (Lipinski definition) is 6. The summed E-state index contributed by atoms with van der Waals surface area (Å²) in [6.07, 6.45) is 1.12. The summed E-state index contributed by atoms with van der Waals surface area (Å²) in [5.41, 5.74) is 2.65.